The van der Waals surface area contributed by atoms with E-state index in [0.717, 1.165) is 12.8 Å². The molecular formula is C19H27F2N3O3S. The standard InChI is InChI=1S/C19H27F2N3O3S/c1-4-26-16-10-13(8-9-15(16)27-18(20)21)17(25)23-24-19(28)22-14-7-5-6-11(2)12(14)3/h8-12,14,18H,4-7H2,1-3H3,(H,23,25)(H2,22,24,28)/t11-,12+,14-/m1/s1. The van der Waals surface area contributed by atoms with E-state index in [-0.39, 0.29) is 29.7 Å². The molecule has 6 nitrogen and oxygen atoms in total. The number of hydrogen-bond donors (Lipinski definition) is 3. The third-order valence-corrected chi connectivity index (χ3v) is 5.25. The molecule has 0 aliphatic heterocycles. The first-order valence-corrected chi connectivity index (χ1v) is 9.81. The highest BCUT2D eigenvalue weighted by Gasteiger charge is 2.27. The van der Waals surface area contributed by atoms with Crippen molar-refractivity contribution in [1.82, 2.24) is 16.2 Å². The van der Waals surface area contributed by atoms with Crippen LogP contribution in [0.5, 0.6) is 11.5 Å². The number of alkyl halides is 2. The van der Waals surface area contributed by atoms with Gasteiger partial charge in [-0.15, -0.1) is 0 Å². The molecule has 0 saturated heterocycles. The van der Waals surface area contributed by atoms with Gasteiger partial charge in [0.05, 0.1) is 6.61 Å². The van der Waals surface area contributed by atoms with Gasteiger partial charge in [-0.25, -0.2) is 0 Å². The number of halogens is 2. The van der Waals surface area contributed by atoms with Crippen molar-refractivity contribution < 1.29 is 23.0 Å². The number of amides is 1. The average molecular weight is 416 g/mol. The van der Waals surface area contributed by atoms with E-state index < -0.39 is 12.5 Å². The molecule has 0 spiro atoms. The van der Waals surface area contributed by atoms with Crippen LogP contribution in [0, 0.1) is 11.8 Å². The Morgan fingerprint density at radius 1 is 1.25 bits per heavy atom. The Hall–Kier alpha value is -2.16. The summed E-state index contributed by atoms with van der Waals surface area (Å²) in [6.07, 6.45) is 3.39. The van der Waals surface area contributed by atoms with Crippen LogP contribution < -0.4 is 25.6 Å². The van der Waals surface area contributed by atoms with E-state index in [1.807, 2.05) is 0 Å². The fourth-order valence-electron chi connectivity index (χ4n) is 3.29. The van der Waals surface area contributed by atoms with Crippen LogP contribution in [0.3, 0.4) is 0 Å². The highest BCUT2D eigenvalue weighted by Crippen LogP contribution is 2.30. The quantitative estimate of drug-likeness (QED) is 0.487. The van der Waals surface area contributed by atoms with Crippen LogP contribution in [-0.4, -0.2) is 30.3 Å². The van der Waals surface area contributed by atoms with E-state index in [0.29, 0.717) is 16.9 Å². The highest BCUT2D eigenvalue weighted by atomic mass is 32.1. The molecule has 2 rings (SSSR count). The number of thiocarbonyl (C=S) groups is 1. The molecule has 1 aliphatic carbocycles. The zero-order valence-electron chi connectivity index (χ0n) is 16.3. The number of hydrazine groups is 1. The smallest absolute Gasteiger partial charge is 0.387 e. The maximum absolute atomic E-state index is 12.5. The van der Waals surface area contributed by atoms with E-state index >= 15 is 0 Å². The lowest BCUT2D eigenvalue weighted by Crippen LogP contribution is -2.52. The van der Waals surface area contributed by atoms with Crippen LogP contribution in [0.15, 0.2) is 18.2 Å². The minimum atomic E-state index is -2.98. The van der Waals surface area contributed by atoms with Crippen LogP contribution in [0.2, 0.25) is 0 Å². The molecule has 0 heterocycles. The minimum Gasteiger partial charge on any atom is -0.490 e. The van der Waals surface area contributed by atoms with Crippen molar-refractivity contribution in [3.8, 4) is 11.5 Å². The van der Waals surface area contributed by atoms with Gasteiger partial charge in [0.15, 0.2) is 16.6 Å². The molecule has 0 unspecified atom stereocenters. The Morgan fingerprint density at radius 2 is 2.00 bits per heavy atom. The minimum absolute atomic E-state index is 0.0705. The van der Waals surface area contributed by atoms with Gasteiger partial charge in [-0.3, -0.25) is 15.6 Å². The molecule has 1 fully saturated rings. The Labute approximate surface area is 169 Å². The molecule has 3 atom stereocenters. The largest absolute Gasteiger partial charge is 0.490 e. The first-order chi connectivity index (χ1) is 13.3. The number of rotatable bonds is 6. The lowest BCUT2D eigenvalue weighted by molar-refractivity contribution is -0.0514. The normalized spacial score (nSPS) is 21.7. The van der Waals surface area contributed by atoms with Crippen LogP contribution in [0.4, 0.5) is 8.78 Å². The molecular weight excluding hydrogens is 388 g/mol. The van der Waals surface area contributed by atoms with E-state index in [1.54, 1.807) is 6.92 Å². The summed E-state index contributed by atoms with van der Waals surface area (Å²) in [7, 11) is 0. The highest BCUT2D eigenvalue weighted by molar-refractivity contribution is 7.80. The van der Waals surface area contributed by atoms with Crippen molar-refractivity contribution in [2.24, 2.45) is 11.8 Å². The summed E-state index contributed by atoms with van der Waals surface area (Å²) in [4.78, 5) is 12.3. The maximum atomic E-state index is 12.5. The molecule has 3 N–H and O–H groups in total. The summed E-state index contributed by atoms with van der Waals surface area (Å²) in [6, 6.07) is 4.25. The van der Waals surface area contributed by atoms with Gasteiger partial charge in [0.2, 0.25) is 0 Å². The third kappa shape index (κ3) is 6.19. The van der Waals surface area contributed by atoms with Crippen molar-refractivity contribution in [1.29, 1.82) is 0 Å². The van der Waals surface area contributed by atoms with Crippen molar-refractivity contribution in [2.45, 2.75) is 52.7 Å². The number of benzene rings is 1. The van der Waals surface area contributed by atoms with Gasteiger partial charge in [-0.05, 0) is 55.6 Å². The molecule has 28 heavy (non-hydrogen) atoms. The lowest BCUT2D eigenvalue weighted by Gasteiger charge is -2.35. The van der Waals surface area contributed by atoms with Crippen molar-refractivity contribution in [3.05, 3.63) is 23.8 Å². The van der Waals surface area contributed by atoms with Crippen LogP contribution in [0.1, 0.15) is 50.4 Å². The zero-order chi connectivity index (χ0) is 20.7. The topological polar surface area (TPSA) is 71.6 Å². The van der Waals surface area contributed by atoms with Gasteiger partial charge < -0.3 is 14.8 Å². The average Bonchev–Trinajstić information content (AvgIpc) is 2.64. The first kappa shape index (κ1) is 22.1. The lowest BCUT2D eigenvalue weighted by atomic mass is 9.78. The second-order valence-electron chi connectivity index (χ2n) is 6.90. The zero-order valence-corrected chi connectivity index (χ0v) is 17.1. The van der Waals surface area contributed by atoms with E-state index in [9.17, 15) is 13.6 Å². The van der Waals surface area contributed by atoms with Crippen molar-refractivity contribution in [3.63, 3.8) is 0 Å². The van der Waals surface area contributed by atoms with Gasteiger partial charge in [-0.1, -0.05) is 26.7 Å². The van der Waals surface area contributed by atoms with Crippen LogP contribution >= 0.6 is 12.2 Å². The molecule has 1 saturated carbocycles. The SMILES string of the molecule is CCOc1cc(C(=O)NNC(=S)N[C@@H]2CCC[C@@H](C)[C@@H]2C)ccc1OC(F)F. The molecule has 1 aromatic rings. The summed E-state index contributed by atoms with van der Waals surface area (Å²) >= 11 is 5.27. The number of hydrogen-bond acceptors (Lipinski definition) is 4. The van der Waals surface area contributed by atoms with E-state index in [2.05, 4.69) is 34.8 Å². The second-order valence-corrected chi connectivity index (χ2v) is 7.31. The van der Waals surface area contributed by atoms with Crippen molar-refractivity contribution >= 4 is 23.2 Å². The molecule has 1 aromatic carbocycles. The van der Waals surface area contributed by atoms with Crippen LogP contribution in [0.25, 0.3) is 0 Å². The first-order valence-electron chi connectivity index (χ1n) is 9.40. The molecule has 1 amide bonds. The van der Waals surface area contributed by atoms with Gasteiger partial charge in [-0.2, -0.15) is 8.78 Å². The van der Waals surface area contributed by atoms with Gasteiger partial charge in [0, 0.05) is 11.6 Å². The summed E-state index contributed by atoms with van der Waals surface area (Å²) < 4.78 is 34.6. The summed E-state index contributed by atoms with van der Waals surface area (Å²) in [5.74, 6) is 0.578. The number of nitrogens with one attached hydrogen (secondary N) is 3. The molecule has 9 heteroatoms. The third-order valence-electron chi connectivity index (χ3n) is 5.03. The van der Waals surface area contributed by atoms with Crippen molar-refractivity contribution in [2.75, 3.05) is 6.61 Å². The molecule has 0 aromatic heterocycles. The monoisotopic (exact) mass is 415 g/mol. The fourth-order valence-corrected chi connectivity index (χ4v) is 3.49. The second kappa shape index (κ2) is 10.4. The van der Waals surface area contributed by atoms with E-state index in [4.69, 9.17) is 17.0 Å². The van der Waals surface area contributed by atoms with Gasteiger partial charge in [0.25, 0.3) is 5.91 Å². The summed E-state index contributed by atoms with van der Waals surface area (Å²) in [5.41, 5.74) is 5.42. The molecule has 1 aliphatic rings. The molecule has 156 valence electrons. The summed E-state index contributed by atoms with van der Waals surface area (Å²) in [6.45, 7) is 3.40. The Bertz CT molecular complexity index is 690. The Balaban J connectivity index is 1.93. The number of carbonyl (C=O) groups excluding carboxylic acids is 1. The predicted octanol–water partition coefficient (Wildman–Crippen LogP) is 3.62. The van der Waals surface area contributed by atoms with Gasteiger partial charge >= 0.3 is 6.61 Å². The summed E-state index contributed by atoms with van der Waals surface area (Å²) in [5, 5.41) is 3.58. The maximum Gasteiger partial charge on any atom is 0.387 e. The van der Waals surface area contributed by atoms with E-state index in [1.165, 1.54) is 24.6 Å². The number of carbonyl (C=O) groups is 1. The molecule has 0 radical (unpaired) electrons. The fraction of sp³-hybridized carbons (Fsp3) is 0.579. The number of ether oxygens (including phenoxy) is 2. The van der Waals surface area contributed by atoms with Crippen LogP contribution in [-0.2, 0) is 0 Å². The Morgan fingerprint density at radius 3 is 2.68 bits per heavy atom. The van der Waals surface area contributed by atoms with Gasteiger partial charge in [0.1, 0.15) is 0 Å². The Kier molecular flexibility index (Phi) is 8.22. The molecule has 0 bridgehead atoms. The predicted molar refractivity (Wildman–Crippen MR) is 107 cm³/mol.